The number of hydrogen-bond donors (Lipinski definition) is 1. The van der Waals surface area contributed by atoms with Crippen LogP contribution in [0.2, 0.25) is 5.02 Å². The molecular weight excluding hydrogens is 342 g/mol. The summed E-state index contributed by atoms with van der Waals surface area (Å²) in [5.41, 5.74) is 1.39. The van der Waals surface area contributed by atoms with Crippen molar-refractivity contribution in [1.82, 2.24) is 4.90 Å². The molecular formula is C23H30ClNO. The zero-order chi connectivity index (χ0) is 18.8. The van der Waals surface area contributed by atoms with Crippen molar-refractivity contribution in [1.29, 1.82) is 0 Å². The lowest BCUT2D eigenvalue weighted by molar-refractivity contribution is -0.150. The van der Waals surface area contributed by atoms with Crippen LogP contribution in [0.15, 0.2) is 54.6 Å². The molecule has 0 radical (unpaired) electrons. The van der Waals surface area contributed by atoms with Crippen molar-refractivity contribution < 1.29 is 5.11 Å². The van der Waals surface area contributed by atoms with Gasteiger partial charge in [0.25, 0.3) is 0 Å². The van der Waals surface area contributed by atoms with E-state index in [-0.39, 0.29) is 11.5 Å². The molecule has 0 aromatic heterocycles. The maximum Gasteiger partial charge on any atom is 0.0898 e. The van der Waals surface area contributed by atoms with Crippen molar-refractivity contribution in [2.45, 2.75) is 50.7 Å². The van der Waals surface area contributed by atoms with E-state index in [1.54, 1.807) is 0 Å². The van der Waals surface area contributed by atoms with Crippen LogP contribution in [0.25, 0.3) is 0 Å². The van der Waals surface area contributed by atoms with E-state index in [9.17, 15) is 5.11 Å². The van der Waals surface area contributed by atoms with Gasteiger partial charge in [-0.2, -0.15) is 0 Å². The molecule has 1 aliphatic carbocycles. The predicted octanol–water partition coefficient (Wildman–Crippen LogP) is 4.98. The van der Waals surface area contributed by atoms with Crippen LogP contribution in [0, 0.1) is 5.41 Å². The molecule has 3 unspecified atom stereocenters. The highest BCUT2D eigenvalue weighted by atomic mass is 35.5. The summed E-state index contributed by atoms with van der Waals surface area (Å²) in [6, 6.07) is 18.6. The molecule has 2 nitrogen and oxygen atoms in total. The van der Waals surface area contributed by atoms with E-state index in [1.807, 2.05) is 24.3 Å². The Morgan fingerprint density at radius 3 is 2.38 bits per heavy atom. The maximum absolute atomic E-state index is 12.1. The number of halogens is 1. The first kappa shape index (κ1) is 19.4. The number of likely N-dealkylation sites (N-methyl/N-ethyl adjacent to an activating group) is 1. The molecule has 140 valence electrons. The molecule has 1 aliphatic rings. The minimum Gasteiger partial charge on any atom is -0.387 e. The van der Waals surface area contributed by atoms with E-state index < -0.39 is 5.60 Å². The van der Waals surface area contributed by atoms with E-state index in [0.717, 1.165) is 36.3 Å². The van der Waals surface area contributed by atoms with Gasteiger partial charge in [-0.05, 0) is 56.6 Å². The lowest BCUT2D eigenvalue weighted by Gasteiger charge is -2.55. The second-order valence-corrected chi connectivity index (χ2v) is 8.76. The number of benzene rings is 2. The average molecular weight is 372 g/mol. The lowest BCUT2D eigenvalue weighted by atomic mass is 9.57. The third-order valence-corrected chi connectivity index (χ3v) is 6.46. The first-order valence-corrected chi connectivity index (χ1v) is 9.89. The third kappa shape index (κ3) is 3.83. The predicted molar refractivity (Wildman–Crippen MR) is 110 cm³/mol. The highest BCUT2D eigenvalue weighted by Gasteiger charge is 2.54. The minimum atomic E-state index is -0.810. The third-order valence-electron chi connectivity index (χ3n) is 6.23. The highest BCUT2D eigenvalue weighted by Crippen LogP contribution is 2.49. The van der Waals surface area contributed by atoms with Crippen LogP contribution in [0.1, 0.15) is 37.3 Å². The van der Waals surface area contributed by atoms with Crippen LogP contribution in [-0.4, -0.2) is 35.7 Å². The van der Waals surface area contributed by atoms with Gasteiger partial charge in [0.1, 0.15) is 0 Å². The fraction of sp³-hybridized carbons (Fsp3) is 0.478. The first-order valence-electron chi connectivity index (χ1n) is 9.51. The smallest absolute Gasteiger partial charge is 0.0898 e. The molecule has 3 heteroatoms. The molecule has 0 amide bonds. The summed E-state index contributed by atoms with van der Waals surface area (Å²) in [7, 11) is 4.17. The Morgan fingerprint density at radius 1 is 1.04 bits per heavy atom. The van der Waals surface area contributed by atoms with E-state index in [4.69, 9.17) is 11.6 Å². The summed E-state index contributed by atoms with van der Waals surface area (Å²) in [5, 5.41) is 12.9. The molecule has 0 spiro atoms. The van der Waals surface area contributed by atoms with Crippen molar-refractivity contribution in [2.75, 3.05) is 14.1 Å². The SMILES string of the molecule is CN(C)C1CCCC(C)(Cc2ccccc2)C1(O)Cc1cccc(Cl)c1. The number of hydrogen-bond acceptors (Lipinski definition) is 2. The summed E-state index contributed by atoms with van der Waals surface area (Å²) in [6.07, 6.45) is 4.71. The molecule has 1 N–H and O–H groups in total. The van der Waals surface area contributed by atoms with E-state index >= 15 is 0 Å². The number of aliphatic hydroxyl groups is 1. The summed E-state index contributed by atoms with van der Waals surface area (Å²) in [4.78, 5) is 2.20. The molecule has 0 saturated heterocycles. The largest absolute Gasteiger partial charge is 0.387 e. The summed E-state index contributed by atoms with van der Waals surface area (Å²) in [6.45, 7) is 2.26. The molecule has 2 aromatic carbocycles. The van der Waals surface area contributed by atoms with Crippen LogP contribution >= 0.6 is 11.6 Å². The second kappa shape index (κ2) is 7.72. The molecule has 26 heavy (non-hydrogen) atoms. The van der Waals surface area contributed by atoms with Gasteiger partial charge in [-0.1, -0.05) is 67.4 Å². The number of nitrogens with zero attached hydrogens (tertiary/aromatic N) is 1. The number of rotatable bonds is 5. The minimum absolute atomic E-state index is 0.129. The summed E-state index contributed by atoms with van der Waals surface area (Å²) >= 11 is 6.22. The molecule has 0 bridgehead atoms. The fourth-order valence-electron chi connectivity index (χ4n) is 4.81. The van der Waals surface area contributed by atoms with Crippen molar-refractivity contribution >= 4 is 11.6 Å². The monoisotopic (exact) mass is 371 g/mol. The second-order valence-electron chi connectivity index (χ2n) is 8.33. The van der Waals surface area contributed by atoms with E-state index in [0.29, 0.717) is 6.42 Å². The Hall–Kier alpha value is -1.35. The average Bonchev–Trinajstić information content (AvgIpc) is 2.58. The van der Waals surface area contributed by atoms with Gasteiger partial charge in [0.05, 0.1) is 5.60 Å². The Bertz CT molecular complexity index is 732. The Morgan fingerprint density at radius 2 is 1.73 bits per heavy atom. The highest BCUT2D eigenvalue weighted by molar-refractivity contribution is 6.30. The van der Waals surface area contributed by atoms with Crippen LogP contribution in [-0.2, 0) is 12.8 Å². The van der Waals surface area contributed by atoms with Gasteiger partial charge in [0.2, 0.25) is 0 Å². The normalized spacial score (nSPS) is 29.1. The fourth-order valence-corrected chi connectivity index (χ4v) is 5.02. The summed E-state index contributed by atoms with van der Waals surface area (Å²) < 4.78 is 0. The van der Waals surface area contributed by atoms with Gasteiger partial charge < -0.3 is 10.0 Å². The molecule has 3 rings (SSSR count). The van der Waals surface area contributed by atoms with Crippen LogP contribution < -0.4 is 0 Å². The van der Waals surface area contributed by atoms with Crippen molar-refractivity contribution in [2.24, 2.45) is 5.41 Å². The van der Waals surface area contributed by atoms with Crippen molar-refractivity contribution in [3.63, 3.8) is 0 Å². The molecule has 1 saturated carbocycles. The topological polar surface area (TPSA) is 23.5 Å². The zero-order valence-electron chi connectivity index (χ0n) is 16.1. The van der Waals surface area contributed by atoms with Gasteiger partial charge >= 0.3 is 0 Å². The van der Waals surface area contributed by atoms with Crippen LogP contribution in [0.5, 0.6) is 0 Å². The maximum atomic E-state index is 12.1. The van der Waals surface area contributed by atoms with Gasteiger partial charge in [-0.15, -0.1) is 0 Å². The Labute approximate surface area is 162 Å². The van der Waals surface area contributed by atoms with Crippen LogP contribution in [0.3, 0.4) is 0 Å². The van der Waals surface area contributed by atoms with E-state index in [2.05, 4.69) is 56.3 Å². The lowest BCUT2D eigenvalue weighted by Crippen LogP contribution is -2.64. The van der Waals surface area contributed by atoms with Gasteiger partial charge in [0, 0.05) is 22.9 Å². The van der Waals surface area contributed by atoms with Gasteiger partial charge in [0.15, 0.2) is 0 Å². The molecule has 0 heterocycles. The van der Waals surface area contributed by atoms with Crippen molar-refractivity contribution in [3.05, 3.63) is 70.7 Å². The summed E-state index contributed by atoms with van der Waals surface area (Å²) in [5.74, 6) is 0. The Balaban J connectivity index is 1.99. The molecule has 1 fully saturated rings. The van der Waals surface area contributed by atoms with Gasteiger partial charge in [-0.3, -0.25) is 0 Å². The molecule has 3 atom stereocenters. The zero-order valence-corrected chi connectivity index (χ0v) is 16.8. The Kier molecular flexibility index (Phi) is 5.76. The van der Waals surface area contributed by atoms with E-state index in [1.165, 1.54) is 5.56 Å². The van der Waals surface area contributed by atoms with Crippen molar-refractivity contribution in [3.8, 4) is 0 Å². The van der Waals surface area contributed by atoms with Crippen LogP contribution in [0.4, 0.5) is 0 Å². The van der Waals surface area contributed by atoms with Gasteiger partial charge in [-0.25, -0.2) is 0 Å². The molecule has 0 aliphatic heterocycles. The molecule has 2 aromatic rings. The standard InChI is InChI=1S/C23H30ClNO/c1-22(16-18-9-5-4-6-10-18)14-8-13-21(25(2)3)23(22,26)17-19-11-7-12-20(24)15-19/h4-7,9-12,15,21,26H,8,13-14,16-17H2,1-3H3. The first-order chi connectivity index (χ1) is 12.3. The quantitative estimate of drug-likeness (QED) is 0.801.